The molecule has 1 aromatic carbocycles. The van der Waals surface area contributed by atoms with E-state index in [9.17, 15) is 4.79 Å². The van der Waals surface area contributed by atoms with Gasteiger partial charge in [0.05, 0.1) is 15.6 Å². The zero-order valence-electron chi connectivity index (χ0n) is 15.5. The quantitative estimate of drug-likeness (QED) is 0.734. The molecule has 27 heavy (non-hydrogen) atoms. The minimum atomic E-state index is 0.00851. The zero-order valence-corrected chi connectivity index (χ0v) is 17.0. The summed E-state index contributed by atoms with van der Waals surface area (Å²) in [5, 5.41) is 0.879. The summed E-state index contributed by atoms with van der Waals surface area (Å²) in [6.07, 6.45) is 2.54. The number of hydrogen-bond donors (Lipinski definition) is 0. The normalized spacial score (nSPS) is 15.7. The molecule has 144 valence electrons. The van der Waals surface area contributed by atoms with Crippen molar-refractivity contribution in [3.05, 3.63) is 52.1 Å². The molecule has 1 fully saturated rings. The van der Waals surface area contributed by atoms with E-state index < -0.39 is 0 Å². The second kappa shape index (κ2) is 8.91. The zero-order chi connectivity index (χ0) is 19.4. The summed E-state index contributed by atoms with van der Waals surface area (Å²) in [4.78, 5) is 21.3. The number of ether oxygens (including phenoxy) is 1. The third-order valence-electron chi connectivity index (χ3n) is 4.64. The van der Waals surface area contributed by atoms with E-state index in [4.69, 9.17) is 27.9 Å². The Morgan fingerprint density at radius 3 is 2.56 bits per heavy atom. The highest BCUT2D eigenvalue weighted by atomic mass is 35.5. The van der Waals surface area contributed by atoms with Crippen LogP contribution >= 0.6 is 23.2 Å². The van der Waals surface area contributed by atoms with Gasteiger partial charge in [0.25, 0.3) is 5.91 Å². The van der Waals surface area contributed by atoms with Gasteiger partial charge in [-0.2, -0.15) is 0 Å². The summed E-state index contributed by atoms with van der Waals surface area (Å²) >= 11 is 11.9. The van der Waals surface area contributed by atoms with E-state index in [2.05, 4.69) is 23.7 Å². The average molecular weight is 408 g/mol. The van der Waals surface area contributed by atoms with Crippen molar-refractivity contribution in [3.8, 4) is 11.6 Å². The molecule has 3 rings (SSSR count). The summed E-state index contributed by atoms with van der Waals surface area (Å²) in [7, 11) is 0. The van der Waals surface area contributed by atoms with Crippen molar-refractivity contribution in [2.45, 2.75) is 26.3 Å². The van der Waals surface area contributed by atoms with Crippen LogP contribution in [0.25, 0.3) is 0 Å². The van der Waals surface area contributed by atoms with E-state index >= 15 is 0 Å². The number of aromatic nitrogens is 1. The van der Waals surface area contributed by atoms with Crippen molar-refractivity contribution in [1.82, 2.24) is 14.8 Å². The van der Waals surface area contributed by atoms with E-state index in [0.29, 0.717) is 33.3 Å². The molecule has 0 saturated carbocycles. The van der Waals surface area contributed by atoms with Crippen molar-refractivity contribution in [1.29, 1.82) is 0 Å². The molecule has 1 amide bonds. The smallest absolute Gasteiger partial charge is 0.255 e. The van der Waals surface area contributed by atoms with E-state index in [0.717, 1.165) is 32.6 Å². The number of pyridine rings is 1. The summed E-state index contributed by atoms with van der Waals surface area (Å²) in [6.45, 7) is 7.80. The number of carbonyl (C=O) groups is 1. The van der Waals surface area contributed by atoms with Crippen LogP contribution < -0.4 is 4.74 Å². The molecule has 1 saturated heterocycles. The Morgan fingerprint density at radius 2 is 1.89 bits per heavy atom. The van der Waals surface area contributed by atoms with E-state index in [1.165, 1.54) is 0 Å². The Labute approximate surface area is 169 Å². The summed E-state index contributed by atoms with van der Waals surface area (Å²) < 4.78 is 5.67. The van der Waals surface area contributed by atoms with Gasteiger partial charge in [-0.05, 0) is 38.5 Å². The van der Waals surface area contributed by atoms with Crippen molar-refractivity contribution in [3.63, 3.8) is 0 Å². The van der Waals surface area contributed by atoms with Gasteiger partial charge in [-0.3, -0.25) is 9.69 Å². The van der Waals surface area contributed by atoms with Crippen LogP contribution in [0.15, 0.2) is 36.5 Å². The van der Waals surface area contributed by atoms with E-state index in [1.807, 2.05) is 4.90 Å². The van der Waals surface area contributed by atoms with Gasteiger partial charge < -0.3 is 9.64 Å². The lowest BCUT2D eigenvalue weighted by Crippen LogP contribution is -2.37. The van der Waals surface area contributed by atoms with E-state index in [-0.39, 0.29) is 5.91 Å². The molecule has 0 N–H and O–H groups in total. The van der Waals surface area contributed by atoms with Gasteiger partial charge in [0, 0.05) is 50.6 Å². The minimum Gasteiger partial charge on any atom is -0.439 e. The third-order valence-corrected chi connectivity index (χ3v) is 5.38. The van der Waals surface area contributed by atoms with Crippen molar-refractivity contribution >= 4 is 29.1 Å². The maximum atomic E-state index is 12.8. The first-order chi connectivity index (χ1) is 12.9. The molecule has 0 atom stereocenters. The summed E-state index contributed by atoms with van der Waals surface area (Å²) in [6, 6.07) is 8.94. The monoisotopic (exact) mass is 407 g/mol. The first-order valence-corrected chi connectivity index (χ1v) is 9.82. The Morgan fingerprint density at radius 1 is 1.07 bits per heavy atom. The average Bonchev–Trinajstić information content (AvgIpc) is 2.91. The van der Waals surface area contributed by atoms with Crippen LogP contribution in [0.2, 0.25) is 10.0 Å². The Balaban J connectivity index is 1.64. The number of hydrogen-bond acceptors (Lipinski definition) is 4. The molecule has 2 heterocycles. The molecule has 1 aliphatic rings. The van der Waals surface area contributed by atoms with Gasteiger partial charge in [-0.1, -0.05) is 23.2 Å². The number of rotatable bonds is 4. The highest BCUT2D eigenvalue weighted by molar-refractivity contribution is 6.42. The lowest BCUT2D eigenvalue weighted by atomic mass is 10.2. The van der Waals surface area contributed by atoms with Gasteiger partial charge in [0.1, 0.15) is 5.75 Å². The minimum absolute atomic E-state index is 0.00851. The highest BCUT2D eigenvalue weighted by Gasteiger charge is 2.21. The molecule has 1 aromatic heterocycles. The molecule has 0 unspecified atom stereocenters. The molecular weight excluding hydrogens is 385 g/mol. The second-order valence-corrected chi connectivity index (χ2v) is 7.65. The first-order valence-electron chi connectivity index (χ1n) is 9.06. The number of amides is 1. The molecular formula is C20H23Cl2N3O2. The van der Waals surface area contributed by atoms with Crippen LogP contribution in [-0.4, -0.2) is 52.9 Å². The molecule has 0 spiro atoms. The van der Waals surface area contributed by atoms with Crippen LogP contribution in [-0.2, 0) is 0 Å². The number of carbonyl (C=O) groups excluding carboxylic acids is 1. The maximum absolute atomic E-state index is 12.8. The van der Waals surface area contributed by atoms with Gasteiger partial charge in [-0.25, -0.2) is 4.98 Å². The predicted molar refractivity (Wildman–Crippen MR) is 108 cm³/mol. The number of benzene rings is 1. The second-order valence-electron chi connectivity index (χ2n) is 6.84. The van der Waals surface area contributed by atoms with Crippen molar-refractivity contribution in [2.24, 2.45) is 0 Å². The van der Waals surface area contributed by atoms with Crippen LogP contribution in [0.3, 0.4) is 0 Å². The fourth-order valence-corrected chi connectivity index (χ4v) is 3.36. The van der Waals surface area contributed by atoms with E-state index in [1.54, 1.807) is 36.5 Å². The fourth-order valence-electron chi connectivity index (χ4n) is 3.07. The number of nitrogens with zero attached hydrogens (tertiary/aromatic N) is 3. The Bertz CT molecular complexity index is 796. The fraction of sp³-hybridized carbons (Fsp3) is 0.400. The molecule has 0 bridgehead atoms. The largest absolute Gasteiger partial charge is 0.439 e. The molecule has 7 heteroatoms. The first kappa shape index (κ1) is 19.9. The van der Waals surface area contributed by atoms with Gasteiger partial charge in [-0.15, -0.1) is 0 Å². The third kappa shape index (κ3) is 5.12. The molecule has 0 aliphatic carbocycles. The van der Waals surface area contributed by atoms with Gasteiger partial charge in [0.2, 0.25) is 5.88 Å². The maximum Gasteiger partial charge on any atom is 0.255 e. The van der Waals surface area contributed by atoms with Gasteiger partial charge in [0.15, 0.2) is 0 Å². The summed E-state index contributed by atoms with van der Waals surface area (Å²) in [5.41, 5.74) is 0.564. The topological polar surface area (TPSA) is 45.7 Å². The van der Waals surface area contributed by atoms with Gasteiger partial charge >= 0.3 is 0 Å². The van der Waals surface area contributed by atoms with Crippen molar-refractivity contribution in [2.75, 3.05) is 26.2 Å². The standard InChI is InChI=1S/C20H23Cl2N3O2/c1-14(2)24-8-3-9-25(11-10-24)20(26)15-4-7-19(23-13-15)27-16-5-6-17(21)18(22)12-16/h4-7,12-14H,3,8-11H2,1-2H3. The molecule has 0 radical (unpaired) electrons. The van der Waals surface area contributed by atoms with Crippen molar-refractivity contribution < 1.29 is 9.53 Å². The Hall–Kier alpha value is -1.82. The lowest BCUT2D eigenvalue weighted by molar-refractivity contribution is 0.0759. The molecule has 5 nitrogen and oxygen atoms in total. The lowest BCUT2D eigenvalue weighted by Gasteiger charge is -2.24. The number of halogens is 2. The molecule has 2 aromatic rings. The van der Waals surface area contributed by atoms with Crippen LogP contribution in [0.1, 0.15) is 30.6 Å². The van der Waals surface area contributed by atoms with Crippen LogP contribution in [0, 0.1) is 0 Å². The highest BCUT2D eigenvalue weighted by Crippen LogP contribution is 2.28. The molecule has 1 aliphatic heterocycles. The van der Waals surface area contributed by atoms with Crippen LogP contribution in [0.5, 0.6) is 11.6 Å². The van der Waals surface area contributed by atoms with Crippen LogP contribution in [0.4, 0.5) is 0 Å². The summed E-state index contributed by atoms with van der Waals surface area (Å²) in [5.74, 6) is 0.943. The SMILES string of the molecule is CC(C)N1CCCN(C(=O)c2ccc(Oc3ccc(Cl)c(Cl)c3)nc2)CC1. The Kier molecular flexibility index (Phi) is 6.58. The predicted octanol–water partition coefficient (Wildman–Crippen LogP) is 4.74.